The number of rotatable bonds is 7. The van der Waals surface area contributed by atoms with E-state index in [0.29, 0.717) is 26.2 Å². The average Bonchev–Trinajstić information content (AvgIpc) is 2.45. The van der Waals surface area contributed by atoms with Gasteiger partial charge in [0.05, 0.1) is 18.3 Å². The molecule has 0 radical (unpaired) electrons. The van der Waals surface area contributed by atoms with Crippen LogP contribution in [-0.2, 0) is 9.53 Å². The Bertz CT molecular complexity index is 392. The molecule has 0 aromatic heterocycles. The van der Waals surface area contributed by atoms with E-state index in [1.165, 1.54) is 0 Å². The highest BCUT2D eigenvalue weighted by Gasteiger charge is 2.38. The minimum Gasteiger partial charge on any atom is -0.389 e. The SMILES string of the molecule is CC(C)(C)OCC(O)CN1CCN(CCNC(=O)C(F)(F)F)CC1. The maximum atomic E-state index is 12.1. The molecule has 1 heterocycles. The number of hydrogen-bond acceptors (Lipinski definition) is 5. The van der Waals surface area contributed by atoms with Crippen molar-refractivity contribution in [3.05, 3.63) is 0 Å². The van der Waals surface area contributed by atoms with E-state index < -0.39 is 18.2 Å². The van der Waals surface area contributed by atoms with Crippen molar-refractivity contribution in [3.63, 3.8) is 0 Å². The first-order valence-electron chi connectivity index (χ1n) is 8.09. The van der Waals surface area contributed by atoms with E-state index in [4.69, 9.17) is 4.74 Å². The summed E-state index contributed by atoms with van der Waals surface area (Å²) in [5.41, 5.74) is -0.291. The van der Waals surface area contributed by atoms with E-state index in [1.54, 1.807) is 0 Å². The van der Waals surface area contributed by atoms with Crippen molar-refractivity contribution in [3.8, 4) is 0 Å². The van der Waals surface area contributed by atoms with E-state index in [9.17, 15) is 23.1 Å². The van der Waals surface area contributed by atoms with Crippen molar-refractivity contribution in [2.24, 2.45) is 0 Å². The van der Waals surface area contributed by atoms with E-state index >= 15 is 0 Å². The fourth-order valence-corrected chi connectivity index (χ4v) is 2.32. The van der Waals surface area contributed by atoms with Crippen LogP contribution in [0.1, 0.15) is 20.8 Å². The van der Waals surface area contributed by atoms with Gasteiger partial charge in [0, 0.05) is 45.8 Å². The lowest BCUT2D eigenvalue weighted by atomic mass is 10.2. The summed E-state index contributed by atoms with van der Waals surface area (Å²) in [5, 5.41) is 11.8. The van der Waals surface area contributed by atoms with Crippen LogP contribution in [0.3, 0.4) is 0 Å². The van der Waals surface area contributed by atoms with Crippen LogP contribution in [0.15, 0.2) is 0 Å². The summed E-state index contributed by atoms with van der Waals surface area (Å²) in [7, 11) is 0. The molecule has 1 fully saturated rings. The van der Waals surface area contributed by atoms with Crippen LogP contribution in [0.25, 0.3) is 0 Å². The minimum absolute atomic E-state index is 0.0274. The van der Waals surface area contributed by atoms with Crippen molar-refractivity contribution >= 4 is 5.91 Å². The molecule has 142 valence electrons. The van der Waals surface area contributed by atoms with Crippen LogP contribution >= 0.6 is 0 Å². The van der Waals surface area contributed by atoms with Crippen LogP contribution in [0, 0.1) is 0 Å². The zero-order chi connectivity index (χ0) is 18.4. The highest BCUT2D eigenvalue weighted by atomic mass is 19.4. The molecule has 1 amide bonds. The van der Waals surface area contributed by atoms with Gasteiger partial charge in [-0.25, -0.2) is 0 Å². The maximum Gasteiger partial charge on any atom is 0.471 e. The second-order valence-electron chi connectivity index (χ2n) is 6.97. The largest absolute Gasteiger partial charge is 0.471 e. The van der Waals surface area contributed by atoms with Gasteiger partial charge in [-0.3, -0.25) is 14.6 Å². The van der Waals surface area contributed by atoms with Gasteiger partial charge in [-0.1, -0.05) is 0 Å². The maximum absolute atomic E-state index is 12.1. The molecule has 0 aromatic carbocycles. The molecule has 1 unspecified atom stereocenters. The molecule has 0 saturated carbocycles. The molecule has 9 heteroatoms. The van der Waals surface area contributed by atoms with Gasteiger partial charge in [0.1, 0.15) is 0 Å². The lowest BCUT2D eigenvalue weighted by molar-refractivity contribution is -0.173. The predicted octanol–water partition coefficient (Wildman–Crippen LogP) is 0.459. The van der Waals surface area contributed by atoms with E-state index in [2.05, 4.69) is 4.90 Å². The first-order valence-corrected chi connectivity index (χ1v) is 8.09. The van der Waals surface area contributed by atoms with Crippen molar-refractivity contribution in [2.45, 2.75) is 38.7 Å². The zero-order valence-electron chi connectivity index (χ0n) is 14.5. The van der Waals surface area contributed by atoms with Gasteiger partial charge in [0.15, 0.2) is 0 Å². The number of β-amino-alcohol motifs (C(OH)–C–C–N with tert-alkyl or cyclic N) is 1. The van der Waals surface area contributed by atoms with Crippen molar-refractivity contribution in [2.75, 3.05) is 52.4 Å². The fourth-order valence-electron chi connectivity index (χ4n) is 2.32. The summed E-state index contributed by atoms with van der Waals surface area (Å²) >= 11 is 0. The number of carbonyl (C=O) groups is 1. The number of nitrogens with zero attached hydrogens (tertiary/aromatic N) is 2. The molecule has 24 heavy (non-hydrogen) atoms. The molecule has 1 atom stereocenters. The number of aliphatic hydroxyl groups is 1. The Kier molecular flexibility index (Phi) is 7.91. The van der Waals surface area contributed by atoms with Gasteiger partial charge in [0.25, 0.3) is 0 Å². The summed E-state index contributed by atoms with van der Waals surface area (Å²) in [6.45, 7) is 9.74. The first kappa shape index (κ1) is 21.1. The summed E-state index contributed by atoms with van der Waals surface area (Å²) in [6, 6.07) is 0. The van der Waals surface area contributed by atoms with Gasteiger partial charge in [-0.2, -0.15) is 13.2 Å². The second-order valence-corrected chi connectivity index (χ2v) is 6.97. The number of ether oxygens (including phenoxy) is 1. The molecule has 0 spiro atoms. The number of aliphatic hydroxyl groups excluding tert-OH is 1. The van der Waals surface area contributed by atoms with E-state index in [1.807, 2.05) is 31.0 Å². The Balaban J connectivity index is 2.17. The van der Waals surface area contributed by atoms with Crippen LogP contribution in [0.5, 0.6) is 0 Å². The Labute approximate surface area is 140 Å². The highest BCUT2D eigenvalue weighted by molar-refractivity contribution is 5.81. The van der Waals surface area contributed by atoms with Crippen LogP contribution in [0.2, 0.25) is 0 Å². The third-order valence-electron chi connectivity index (χ3n) is 3.61. The van der Waals surface area contributed by atoms with E-state index in [0.717, 1.165) is 13.1 Å². The third-order valence-corrected chi connectivity index (χ3v) is 3.61. The highest BCUT2D eigenvalue weighted by Crippen LogP contribution is 2.14. The summed E-state index contributed by atoms with van der Waals surface area (Å²) in [5.74, 6) is -1.90. The standard InChI is InChI=1S/C15H28F3N3O3/c1-14(2,3)24-11-12(22)10-21-8-6-20(7-9-21)5-4-19-13(23)15(16,17)18/h12,22H,4-11H2,1-3H3,(H,19,23). The lowest BCUT2D eigenvalue weighted by Crippen LogP contribution is -2.51. The fraction of sp³-hybridized carbons (Fsp3) is 0.933. The van der Waals surface area contributed by atoms with Crippen LogP contribution in [-0.4, -0.2) is 91.1 Å². The molecule has 1 rings (SSSR count). The Morgan fingerprint density at radius 3 is 2.21 bits per heavy atom. The number of carbonyl (C=O) groups excluding carboxylic acids is 1. The predicted molar refractivity (Wildman–Crippen MR) is 83.7 cm³/mol. The second kappa shape index (κ2) is 8.98. The molecule has 1 aliphatic rings. The first-order chi connectivity index (χ1) is 11.0. The smallest absolute Gasteiger partial charge is 0.389 e. The van der Waals surface area contributed by atoms with Crippen molar-refractivity contribution in [1.29, 1.82) is 0 Å². The Morgan fingerprint density at radius 2 is 1.71 bits per heavy atom. The molecular weight excluding hydrogens is 327 g/mol. The minimum atomic E-state index is -4.83. The van der Waals surface area contributed by atoms with E-state index in [-0.39, 0.29) is 18.8 Å². The number of alkyl halides is 3. The number of nitrogens with one attached hydrogen (secondary N) is 1. The Hall–Kier alpha value is -0.900. The van der Waals surface area contributed by atoms with Crippen LogP contribution in [0.4, 0.5) is 13.2 Å². The molecule has 1 saturated heterocycles. The molecule has 0 aliphatic carbocycles. The van der Waals surface area contributed by atoms with Crippen molar-refractivity contribution in [1.82, 2.24) is 15.1 Å². The monoisotopic (exact) mass is 355 g/mol. The zero-order valence-corrected chi connectivity index (χ0v) is 14.5. The molecule has 1 aliphatic heterocycles. The summed E-state index contributed by atoms with van der Waals surface area (Å²) in [4.78, 5) is 14.8. The van der Waals surface area contributed by atoms with Gasteiger partial charge in [-0.15, -0.1) is 0 Å². The molecule has 2 N–H and O–H groups in total. The number of piperazine rings is 1. The van der Waals surface area contributed by atoms with Gasteiger partial charge in [-0.05, 0) is 20.8 Å². The molecule has 0 aromatic rings. The lowest BCUT2D eigenvalue weighted by Gasteiger charge is -2.35. The average molecular weight is 355 g/mol. The Morgan fingerprint density at radius 1 is 1.17 bits per heavy atom. The third kappa shape index (κ3) is 8.81. The van der Waals surface area contributed by atoms with Gasteiger partial charge < -0.3 is 15.2 Å². The molecular formula is C15H28F3N3O3. The normalized spacial score (nSPS) is 19.3. The number of hydrogen-bond donors (Lipinski definition) is 2. The molecule has 0 bridgehead atoms. The topological polar surface area (TPSA) is 65.0 Å². The number of amides is 1. The summed E-state index contributed by atoms with van der Waals surface area (Å²) in [6.07, 6.45) is -5.40. The van der Waals surface area contributed by atoms with Crippen molar-refractivity contribution < 1.29 is 27.8 Å². The quantitative estimate of drug-likeness (QED) is 0.695. The van der Waals surface area contributed by atoms with Gasteiger partial charge in [0.2, 0.25) is 0 Å². The van der Waals surface area contributed by atoms with Crippen LogP contribution < -0.4 is 5.32 Å². The number of halogens is 3. The molecule has 6 nitrogen and oxygen atoms in total. The summed E-state index contributed by atoms with van der Waals surface area (Å²) < 4.78 is 41.7. The van der Waals surface area contributed by atoms with Gasteiger partial charge >= 0.3 is 12.1 Å².